The van der Waals surface area contributed by atoms with Crippen LogP contribution in [0.5, 0.6) is 5.75 Å². The molecule has 0 spiro atoms. The number of aromatic nitrogens is 4. The maximum atomic E-state index is 13.5. The summed E-state index contributed by atoms with van der Waals surface area (Å²) in [6.45, 7) is 2.98. The molecule has 0 saturated carbocycles. The molecule has 2 heterocycles. The van der Waals surface area contributed by atoms with Gasteiger partial charge in [0.25, 0.3) is 5.91 Å². The Balaban J connectivity index is 1.52. The van der Waals surface area contributed by atoms with E-state index in [4.69, 9.17) is 9.72 Å². The van der Waals surface area contributed by atoms with Crippen molar-refractivity contribution < 1.29 is 9.53 Å². The third kappa shape index (κ3) is 3.92. The molecule has 0 saturated heterocycles. The monoisotopic (exact) mass is 443 g/mol. The van der Waals surface area contributed by atoms with Gasteiger partial charge in [0.2, 0.25) is 0 Å². The van der Waals surface area contributed by atoms with Crippen LogP contribution >= 0.6 is 11.3 Å². The topological polar surface area (TPSA) is 73.1 Å². The fraction of sp³-hybridized carbons (Fsp3) is 0.167. The minimum absolute atomic E-state index is 0.0710. The average molecular weight is 444 g/mol. The summed E-state index contributed by atoms with van der Waals surface area (Å²) >= 11 is 1.48. The smallest absolute Gasteiger partial charge is 0.250 e. The summed E-state index contributed by atoms with van der Waals surface area (Å²) in [4.78, 5) is 20.0. The van der Waals surface area contributed by atoms with Crippen LogP contribution in [-0.4, -0.2) is 32.5 Å². The highest BCUT2D eigenvalue weighted by molar-refractivity contribution is 7.22. The molecule has 5 aromatic rings. The molecule has 0 aliphatic rings. The zero-order valence-electron chi connectivity index (χ0n) is 17.5. The van der Waals surface area contributed by atoms with Crippen LogP contribution in [0.15, 0.2) is 72.8 Å². The second-order valence-electron chi connectivity index (χ2n) is 7.23. The Morgan fingerprint density at radius 2 is 1.84 bits per heavy atom. The lowest BCUT2D eigenvalue weighted by molar-refractivity contribution is -0.119. The van der Waals surface area contributed by atoms with Crippen LogP contribution in [0.1, 0.15) is 12.5 Å². The molecule has 8 heteroatoms. The lowest BCUT2D eigenvalue weighted by Crippen LogP contribution is -2.33. The predicted octanol–water partition coefficient (Wildman–Crippen LogP) is 4.67. The number of carbonyl (C=O) groups is 1. The van der Waals surface area contributed by atoms with Gasteiger partial charge in [0, 0.05) is 0 Å². The molecule has 0 aliphatic carbocycles. The minimum Gasteiger partial charge on any atom is -0.492 e. The Morgan fingerprint density at radius 3 is 2.69 bits per heavy atom. The Kier molecular flexibility index (Phi) is 5.51. The number of nitrogens with zero attached hydrogens (tertiary/aromatic N) is 5. The minimum atomic E-state index is -0.110. The molecule has 0 atom stereocenters. The summed E-state index contributed by atoms with van der Waals surface area (Å²) in [7, 11) is 0. The van der Waals surface area contributed by atoms with Crippen LogP contribution in [0.4, 0.5) is 5.13 Å². The molecule has 1 amide bonds. The Labute approximate surface area is 188 Å². The lowest BCUT2D eigenvalue weighted by Gasteiger charge is -2.20. The van der Waals surface area contributed by atoms with Crippen molar-refractivity contribution in [3.05, 3.63) is 78.4 Å². The molecular weight excluding hydrogens is 422 g/mol. The van der Waals surface area contributed by atoms with E-state index in [-0.39, 0.29) is 12.5 Å². The summed E-state index contributed by atoms with van der Waals surface area (Å²) in [6, 6.07) is 23.4. The molecule has 0 unspecified atom stereocenters. The van der Waals surface area contributed by atoms with E-state index in [0.717, 1.165) is 32.6 Å². The van der Waals surface area contributed by atoms with Gasteiger partial charge in [0.15, 0.2) is 5.13 Å². The van der Waals surface area contributed by atoms with E-state index < -0.39 is 0 Å². The third-order valence-corrected chi connectivity index (χ3v) is 6.13. The fourth-order valence-electron chi connectivity index (χ4n) is 3.58. The number of carbonyl (C=O) groups excluding carboxylic acids is 1. The molecule has 0 aliphatic heterocycles. The van der Waals surface area contributed by atoms with E-state index in [2.05, 4.69) is 10.3 Å². The predicted molar refractivity (Wildman–Crippen MR) is 126 cm³/mol. The van der Waals surface area contributed by atoms with Crippen molar-refractivity contribution in [3.8, 4) is 5.75 Å². The van der Waals surface area contributed by atoms with Crippen LogP contribution in [0.2, 0.25) is 0 Å². The van der Waals surface area contributed by atoms with Gasteiger partial charge >= 0.3 is 0 Å². The van der Waals surface area contributed by atoms with Gasteiger partial charge in [0.05, 0.1) is 23.4 Å². The number of ether oxygens (including phenoxy) is 1. The zero-order valence-corrected chi connectivity index (χ0v) is 18.3. The quantitative estimate of drug-likeness (QED) is 0.365. The van der Waals surface area contributed by atoms with Crippen LogP contribution in [0, 0.1) is 0 Å². The van der Waals surface area contributed by atoms with Crippen molar-refractivity contribution >= 4 is 43.6 Å². The number of hydrogen-bond acceptors (Lipinski definition) is 6. The highest BCUT2D eigenvalue weighted by Gasteiger charge is 2.22. The maximum absolute atomic E-state index is 13.5. The third-order valence-electron chi connectivity index (χ3n) is 5.09. The van der Waals surface area contributed by atoms with Gasteiger partial charge in [-0.25, -0.2) is 9.67 Å². The first-order valence-electron chi connectivity index (χ1n) is 10.4. The van der Waals surface area contributed by atoms with E-state index >= 15 is 0 Å². The van der Waals surface area contributed by atoms with Crippen molar-refractivity contribution in [1.29, 1.82) is 0 Å². The van der Waals surface area contributed by atoms with E-state index in [9.17, 15) is 4.79 Å². The number of amides is 1. The van der Waals surface area contributed by atoms with Crippen LogP contribution in [-0.2, 0) is 17.9 Å². The van der Waals surface area contributed by atoms with E-state index in [1.165, 1.54) is 11.3 Å². The lowest BCUT2D eigenvalue weighted by atomic mass is 10.2. The molecule has 2 aromatic heterocycles. The number of anilines is 1. The number of hydrogen-bond donors (Lipinski definition) is 0. The van der Waals surface area contributed by atoms with Gasteiger partial charge in [-0.3, -0.25) is 9.69 Å². The summed E-state index contributed by atoms with van der Waals surface area (Å²) in [5, 5.41) is 8.98. The van der Waals surface area contributed by atoms with E-state index in [1.54, 1.807) is 9.58 Å². The van der Waals surface area contributed by atoms with Crippen molar-refractivity contribution in [2.45, 2.75) is 20.0 Å². The van der Waals surface area contributed by atoms with Gasteiger partial charge in [0.1, 0.15) is 23.3 Å². The van der Waals surface area contributed by atoms with Crippen molar-refractivity contribution in [2.75, 3.05) is 11.5 Å². The molecule has 0 radical (unpaired) electrons. The number of benzene rings is 3. The first-order valence-corrected chi connectivity index (χ1v) is 11.2. The molecule has 0 fully saturated rings. The second kappa shape index (κ2) is 8.76. The molecule has 5 rings (SSSR count). The summed E-state index contributed by atoms with van der Waals surface area (Å²) < 4.78 is 8.35. The second-order valence-corrected chi connectivity index (χ2v) is 8.24. The summed E-state index contributed by atoms with van der Waals surface area (Å²) in [6.07, 6.45) is 0. The van der Waals surface area contributed by atoms with Crippen LogP contribution in [0.25, 0.3) is 21.3 Å². The van der Waals surface area contributed by atoms with E-state index in [0.29, 0.717) is 18.3 Å². The Bertz CT molecular complexity index is 1380. The normalized spacial score (nSPS) is 11.2. The summed E-state index contributed by atoms with van der Waals surface area (Å²) in [5.41, 5.74) is 3.37. The molecule has 32 heavy (non-hydrogen) atoms. The van der Waals surface area contributed by atoms with Gasteiger partial charge in [-0.1, -0.05) is 65.1 Å². The molecular formula is C24H21N5O2S. The Hall–Kier alpha value is -3.78. The first kappa shape index (κ1) is 20.1. The van der Waals surface area contributed by atoms with Gasteiger partial charge < -0.3 is 4.74 Å². The van der Waals surface area contributed by atoms with Gasteiger partial charge in [-0.15, -0.1) is 5.10 Å². The highest BCUT2D eigenvalue weighted by atomic mass is 32.1. The molecule has 160 valence electrons. The standard InChI is InChI=1S/C24H21N5O2S/c1-2-31-20-13-8-14-21-23(20)25-24(32-21)28(15-17-9-4-3-5-10-17)22(30)16-29-19-12-7-6-11-18(19)26-27-29/h3-14H,2,15-16H2,1H3. The van der Waals surface area contributed by atoms with Crippen LogP contribution in [0.3, 0.4) is 0 Å². The van der Waals surface area contributed by atoms with Gasteiger partial charge in [-0.05, 0) is 36.8 Å². The molecule has 3 aromatic carbocycles. The average Bonchev–Trinajstić information content (AvgIpc) is 3.43. The number of thiazole rings is 1. The van der Waals surface area contributed by atoms with Crippen molar-refractivity contribution in [2.24, 2.45) is 0 Å². The molecule has 0 bridgehead atoms. The number of fused-ring (bicyclic) bond motifs is 2. The molecule has 0 N–H and O–H groups in total. The highest BCUT2D eigenvalue weighted by Crippen LogP contribution is 2.35. The number of rotatable bonds is 7. The molecule has 7 nitrogen and oxygen atoms in total. The first-order chi connectivity index (χ1) is 15.7. The fourth-order valence-corrected chi connectivity index (χ4v) is 4.57. The zero-order chi connectivity index (χ0) is 21.9. The SMILES string of the molecule is CCOc1cccc2sc(N(Cc3ccccc3)C(=O)Cn3nnc4ccccc43)nc12. The summed E-state index contributed by atoms with van der Waals surface area (Å²) in [5.74, 6) is 0.614. The number of para-hydroxylation sites is 2. The van der Waals surface area contributed by atoms with E-state index in [1.807, 2.05) is 79.7 Å². The largest absolute Gasteiger partial charge is 0.492 e. The van der Waals surface area contributed by atoms with Gasteiger partial charge in [-0.2, -0.15) is 0 Å². The maximum Gasteiger partial charge on any atom is 0.250 e. The van der Waals surface area contributed by atoms with Crippen molar-refractivity contribution in [1.82, 2.24) is 20.0 Å². The van der Waals surface area contributed by atoms with Crippen LogP contribution < -0.4 is 9.64 Å². The van der Waals surface area contributed by atoms with Crippen molar-refractivity contribution in [3.63, 3.8) is 0 Å². The Morgan fingerprint density at radius 1 is 1.03 bits per heavy atom.